The zero-order chi connectivity index (χ0) is 6.57. The molecule has 0 saturated carbocycles. The Bertz CT molecular complexity index is 129. The summed E-state index contributed by atoms with van der Waals surface area (Å²) in [6, 6.07) is 0. The molecule has 0 spiro atoms. The Morgan fingerprint density at radius 2 is 1.64 bits per heavy atom. The molecule has 52 valence electrons. The summed E-state index contributed by atoms with van der Waals surface area (Å²) in [6.45, 7) is 0. The van der Waals surface area contributed by atoms with Gasteiger partial charge in [-0.1, -0.05) is 0 Å². The van der Waals surface area contributed by atoms with E-state index in [1.165, 1.54) is 0 Å². The number of carboxylic acid groups (broad SMARTS) is 2. The van der Waals surface area contributed by atoms with Crippen molar-refractivity contribution in [3.8, 4) is 0 Å². The molecule has 0 aromatic carbocycles. The molecular formula is C4H4KLiO5. The summed E-state index contributed by atoms with van der Waals surface area (Å²) in [5, 5.41) is 17.2. The summed E-state index contributed by atoms with van der Waals surface area (Å²) in [7, 11) is 0. The largest absolute Gasteiger partial charge is 1.00 e. The van der Waals surface area contributed by atoms with Crippen molar-refractivity contribution in [3.63, 3.8) is 0 Å². The molecule has 5 nitrogen and oxygen atoms in total. The number of hydrogen-bond acceptors (Lipinski definition) is 4. The predicted molar refractivity (Wildman–Crippen MR) is 23.7 cm³/mol. The molecule has 0 atom stereocenters. The maximum absolute atomic E-state index is 9.53. The average molecular weight is 178 g/mol. The maximum Gasteiger partial charge on any atom is 1.00 e. The van der Waals surface area contributed by atoms with Gasteiger partial charge in [0.15, 0.2) is 0 Å². The topological polar surface area (TPSA) is 107 Å². The van der Waals surface area contributed by atoms with Crippen LogP contribution in [0, 0.1) is 0 Å². The molecule has 0 aliphatic heterocycles. The summed E-state index contributed by atoms with van der Waals surface area (Å²) in [5.41, 5.74) is 0. The van der Waals surface area contributed by atoms with Crippen molar-refractivity contribution in [2.75, 3.05) is 0 Å². The third kappa shape index (κ3) is 24.8. The van der Waals surface area contributed by atoms with E-state index in [1.807, 2.05) is 0 Å². The molecule has 0 aromatic heterocycles. The molecule has 0 amide bonds. The van der Waals surface area contributed by atoms with Crippen LogP contribution in [0.15, 0.2) is 12.2 Å². The summed E-state index contributed by atoms with van der Waals surface area (Å²) >= 11 is 0. The van der Waals surface area contributed by atoms with E-state index in [0.29, 0.717) is 12.2 Å². The normalized spacial score (nSPS) is 6.91. The number of carboxylic acids is 2. The van der Waals surface area contributed by atoms with E-state index < -0.39 is 11.9 Å². The fraction of sp³-hybridized carbons (Fsp3) is 0. The van der Waals surface area contributed by atoms with Gasteiger partial charge >= 0.3 is 76.2 Å². The van der Waals surface area contributed by atoms with Crippen LogP contribution in [0.2, 0.25) is 0 Å². The number of carbonyl (C=O) groups excluding carboxylic acids is 1. The Labute approximate surface area is 118 Å². The van der Waals surface area contributed by atoms with E-state index in [-0.39, 0.29) is 75.7 Å². The van der Waals surface area contributed by atoms with E-state index in [0.717, 1.165) is 0 Å². The molecule has 7 heteroatoms. The molecule has 0 fully saturated rings. The molecule has 0 aliphatic rings. The second kappa shape index (κ2) is 13.5. The Balaban J connectivity index is -0.0000000817. The van der Waals surface area contributed by atoms with Crippen molar-refractivity contribution in [1.82, 2.24) is 0 Å². The summed E-state index contributed by atoms with van der Waals surface area (Å²) < 4.78 is 0. The molecule has 0 saturated heterocycles. The van der Waals surface area contributed by atoms with Gasteiger partial charge in [-0.05, 0) is 6.08 Å². The summed E-state index contributed by atoms with van der Waals surface area (Å²) in [6.07, 6.45) is 0.942. The van der Waals surface area contributed by atoms with E-state index in [9.17, 15) is 14.7 Å². The first-order valence-corrected chi connectivity index (χ1v) is 1.75. The SMILES string of the molecule is O=C([O-])/C=C/C(=O)O.[K+].[Li+].[OH-]. The second-order valence-electron chi connectivity index (χ2n) is 0.991. The smallest absolute Gasteiger partial charge is 0.870 e. The van der Waals surface area contributed by atoms with E-state index in [1.54, 1.807) is 0 Å². The predicted octanol–water partition coefficient (Wildman–Crippen LogP) is -7.79. The van der Waals surface area contributed by atoms with Crippen LogP contribution < -0.4 is 75.4 Å². The molecule has 0 heterocycles. The van der Waals surface area contributed by atoms with E-state index in [2.05, 4.69) is 0 Å². The first-order valence-electron chi connectivity index (χ1n) is 1.75. The zero-order valence-electron chi connectivity index (χ0n) is 6.27. The van der Waals surface area contributed by atoms with Gasteiger partial charge in [-0.25, -0.2) is 4.79 Å². The fourth-order valence-corrected chi connectivity index (χ4v) is 0.139. The molecule has 0 bridgehead atoms. The van der Waals surface area contributed by atoms with Gasteiger partial charge in [0.2, 0.25) is 0 Å². The van der Waals surface area contributed by atoms with E-state index >= 15 is 0 Å². The van der Waals surface area contributed by atoms with Crippen LogP contribution >= 0.6 is 0 Å². The minimum atomic E-state index is -1.51. The second-order valence-corrected chi connectivity index (χ2v) is 0.991. The van der Waals surface area contributed by atoms with Gasteiger partial charge in [0, 0.05) is 6.08 Å². The third-order valence-corrected chi connectivity index (χ3v) is 0.362. The van der Waals surface area contributed by atoms with Crippen LogP contribution in [0.25, 0.3) is 0 Å². The van der Waals surface area contributed by atoms with Crippen LogP contribution in [0.1, 0.15) is 0 Å². The minimum absolute atomic E-state index is 0. The number of aliphatic carboxylic acids is 2. The minimum Gasteiger partial charge on any atom is -0.870 e. The van der Waals surface area contributed by atoms with E-state index in [4.69, 9.17) is 5.11 Å². The molecule has 0 unspecified atom stereocenters. The van der Waals surface area contributed by atoms with Crippen molar-refractivity contribution >= 4 is 11.9 Å². The average Bonchev–Trinajstić information content (AvgIpc) is 1.61. The van der Waals surface area contributed by atoms with Crippen LogP contribution in [-0.2, 0) is 9.59 Å². The van der Waals surface area contributed by atoms with Gasteiger partial charge in [0.1, 0.15) is 0 Å². The Hall–Kier alpha value is 0.874. The maximum atomic E-state index is 9.53. The number of hydrogen-bond donors (Lipinski definition) is 1. The van der Waals surface area contributed by atoms with Crippen molar-refractivity contribution in [1.29, 1.82) is 0 Å². The zero-order valence-corrected chi connectivity index (χ0v) is 9.40. The van der Waals surface area contributed by atoms with Crippen molar-refractivity contribution < 1.29 is 95.5 Å². The Kier molecular flexibility index (Phi) is 27.7. The van der Waals surface area contributed by atoms with Crippen LogP contribution in [0.5, 0.6) is 0 Å². The van der Waals surface area contributed by atoms with Gasteiger partial charge in [0.05, 0.1) is 5.97 Å². The molecule has 0 aliphatic carbocycles. The van der Waals surface area contributed by atoms with Crippen molar-refractivity contribution in [3.05, 3.63) is 12.2 Å². The number of rotatable bonds is 2. The standard InChI is InChI=1S/C4H4O4.K.Li.H2O/c5-3(6)1-2-4(7)8;;;/h1-2H,(H,5,6)(H,7,8);;;1H2/q;2*+1;/p-2/b2-1+;;;. The third-order valence-electron chi connectivity index (χ3n) is 0.362. The summed E-state index contributed by atoms with van der Waals surface area (Å²) in [5.74, 6) is -2.80. The van der Waals surface area contributed by atoms with Gasteiger partial charge in [-0.15, -0.1) is 0 Å². The molecule has 2 N–H and O–H groups in total. The fourth-order valence-electron chi connectivity index (χ4n) is 0.139. The van der Waals surface area contributed by atoms with Crippen molar-refractivity contribution in [2.24, 2.45) is 0 Å². The van der Waals surface area contributed by atoms with Gasteiger partial charge in [0.25, 0.3) is 0 Å². The van der Waals surface area contributed by atoms with Crippen molar-refractivity contribution in [2.45, 2.75) is 0 Å². The van der Waals surface area contributed by atoms with Gasteiger partial charge < -0.3 is 20.5 Å². The Morgan fingerprint density at radius 3 is 1.73 bits per heavy atom. The van der Waals surface area contributed by atoms with Gasteiger partial charge in [-0.2, -0.15) is 0 Å². The molecule has 0 aromatic rings. The van der Waals surface area contributed by atoms with Gasteiger partial charge in [-0.3, -0.25) is 0 Å². The first-order chi connectivity index (χ1) is 3.63. The molecule has 11 heavy (non-hydrogen) atoms. The summed E-state index contributed by atoms with van der Waals surface area (Å²) in [4.78, 5) is 19.0. The molecule has 0 radical (unpaired) electrons. The monoisotopic (exact) mass is 178 g/mol. The Morgan fingerprint density at radius 1 is 1.27 bits per heavy atom. The van der Waals surface area contributed by atoms with Crippen LogP contribution in [0.3, 0.4) is 0 Å². The molecule has 0 rings (SSSR count). The number of carbonyl (C=O) groups is 2. The van der Waals surface area contributed by atoms with Crippen LogP contribution in [-0.4, -0.2) is 22.5 Å². The van der Waals surface area contributed by atoms with Crippen LogP contribution in [0.4, 0.5) is 0 Å². The first kappa shape index (κ1) is 22.6. The quantitative estimate of drug-likeness (QED) is 0.334. The molecular weight excluding hydrogens is 174 g/mol.